The lowest BCUT2D eigenvalue weighted by atomic mass is 10.0. The third kappa shape index (κ3) is 10.1. The van der Waals surface area contributed by atoms with Gasteiger partial charge < -0.3 is 20.1 Å². The largest absolute Gasteiger partial charge is 0.461 e. The van der Waals surface area contributed by atoms with E-state index in [1.165, 1.54) is 0 Å². The first-order chi connectivity index (χ1) is 18.2. The highest BCUT2D eigenvalue weighted by atomic mass is 16.6. The van der Waals surface area contributed by atoms with Gasteiger partial charge in [0.05, 0.1) is 0 Å². The lowest BCUT2D eigenvalue weighted by Gasteiger charge is -2.23. The summed E-state index contributed by atoms with van der Waals surface area (Å²) in [4.78, 5) is 37.5. The van der Waals surface area contributed by atoms with Crippen molar-refractivity contribution in [2.75, 3.05) is 6.54 Å². The normalized spacial score (nSPS) is 11.8. The molecule has 3 aromatic carbocycles. The lowest BCUT2D eigenvalue weighted by Crippen LogP contribution is -2.49. The highest BCUT2D eigenvalue weighted by Crippen LogP contribution is 2.20. The molecule has 1 atom stereocenters. The fourth-order valence-electron chi connectivity index (χ4n) is 3.74. The second-order valence-electron chi connectivity index (χ2n) is 10.0. The molecule has 0 aliphatic heterocycles. The van der Waals surface area contributed by atoms with E-state index in [2.05, 4.69) is 10.6 Å². The molecular weight excluding hydrogens is 480 g/mol. The van der Waals surface area contributed by atoms with Crippen LogP contribution in [0.3, 0.4) is 0 Å². The molecule has 0 unspecified atom stereocenters. The van der Waals surface area contributed by atoms with Gasteiger partial charge in [-0.15, -0.1) is 0 Å². The van der Waals surface area contributed by atoms with Crippen LogP contribution in [0.25, 0.3) is 11.1 Å². The molecule has 0 fully saturated rings. The van der Waals surface area contributed by atoms with E-state index in [9.17, 15) is 14.4 Å². The highest BCUT2D eigenvalue weighted by Gasteiger charge is 2.24. The van der Waals surface area contributed by atoms with Gasteiger partial charge in [0.25, 0.3) is 0 Å². The Hall–Kier alpha value is -4.13. The van der Waals surface area contributed by atoms with Crippen LogP contribution in [0.2, 0.25) is 0 Å². The molecule has 0 saturated carbocycles. The molecule has 0 radical (unpaired) electrons. The average molecular weight is 517 g/mol. The van der Waals surface area contributed by atoms with Crippen molar-refractivity contribution in [3.8, 4) is 11.1 Å². The van der Waals surface area contributed by atoms with Gasteiger partial charge >= 0.3 is 12.1 Å². The Labute approximate surface area is 224 Å². The van der Waals surface area contributed by atoms with E-state index in [0.29, 0.717) is 12.8 Å². The Morgan fingerprint density at radius 3 is 2.03 bits per heavy atom. The summed E-state index contributed by atoms with van der Waals surface area (Å²) in [6.07, 6.45) is 0.227. The molecule has 7 heteroatoms. The smallest absolute Gasteiger partial charge is 0.408 e. The minimum absolute atomic E-state index is 0.179. The van der Waals surface area contributed by atoms with Crippen LogP contribution in [0.4, 0.5) is 4.79 Å². The van der Waals surface area contributed by atoms with Crippen molar-refractivity contribution in [1.82, 2.24) is 10.6 Å². The molecule has 0 bridgehead atoms. The second kappa shape index (κ2) is 14.0. The molecule has 0 aliphatic rings. The second-order valence-corrected chi connectivity index (χ2v) is 10.0. The van der Waals surface area contributed by atoms with Crippen molar-refractivity contribution >= 4 is 18.0 Å². The number of benzene rings is 3. The summed E-state index contributed by atoms with van der Waals surface area (Å²) in [7, 11) is 0. The number of alkyl carbamates (subject to hydrolysis) is 1. The molecule has 3 aromatic rings. The monoisotopic (exact) mass is 516 g/mol. The maximum atomic E-state index is 13.0. The third-order valence-corrected chi connectivity index (χ3v) is 5.61. The lowest BCUT2D eigenvalue weighted by molar-refractivity contribution is -0.145. The Kier molecular flexibility index (Phi) is 10.5. The van der Waals surface area contributed by atoms with Gasteiger partial charge in [-0.05, 0) is 49.4 Å². The Morgan fingerprint density at radius 1 is 0.789 bits per heavy atom. The van der Waals surface area contributed by atoms with E-state index in [1.807, 2.05) is 84.9 Å². The minimum atomic E-state index is -0.836. The van der Waals surface area contributed by atoms with Crippen LogP contribution in [0, 0.1) is 0 Å². The zero-order chi connectivity index (χ0) is 27.4. The van der Waals surface area contributed by atoms with Gasteiger partial charge in [0.2, 0.25) is 5.91 Å². The number of ether oxygens (including phenoxy) is 2. The molecule has 7 nitrogen and oxygen atoms in total. The van der Waals surface area contributed by atoms with Crippen LogP contribution in [-0.4, -0.2) is 36.2 Å². The summed E-state index contributed by atoms with van der Waals surface area (Å²) in [6, 6.07) is 26.5. The number of amides is 2. The van der Waals surface area contributed by atoms with Crippen LogP contribution in [0.5, 0.6) is 0 Å². The first kappa shape index (κ1) is 28.4. The number of carbonyl (C=O) groups excluding carboxylic acids is 3. The number of rotatable bonds is 11. The SMILES string of the molecule is CC(C)(C)OC(=O)N[C@H](Cc1ccc(-c2ccccc2)cc1)C(=O)NCCCC(=O)OCc1ccccc1. The predicted molar refractivity (Wildman–Crippen MR) is 147 cm³/mol. The van der Waals surface area contributed by atoms with Gasteiger partial charge in [-0.1, -0.05) is 84.9 Å². The number of hydrogen-bond acceptors (Lipinski definition) is 5. The predicted octanol–water partition coefficient (Wildman–Crippen LogP) is 5.43. The Balaban J connectivity index is 1.53. The molecule has 200 valence electrons. The number of hydrogen-bond donors (Lipinski definition) is 2. The summed E-state index contributed by atoms with van der Waals surface area (Å²) in [5, 5.41) is 5.51. The van der Waals surface area contributed by atoms with Crippen LogP contribution >= 0.6 is 0 Å². The molecular formula is C31H36N2O5. The Morgan fingerprint density at radius 2 is 1.39 bits per heavy atom. The van der Waals surface area contributed by atoms with E-state index in [-0.39, 0.29) is 31.4 Å². The fraction of sp³-hybridized carbons (Fsp3) is 0.323. The zero-order valence-electron chi connectivity index (χ0n) is 22.2. The summed E-state index contributed by atoms with van der Waals surface area (Å²) < 4.78 is 10.6. The molecule has 2 amide bonds. The molecule has 0 spiro atoms. The van der Waals surface area contributed by atoms with Crippen LogP contribution in [-0.2, 0) is 32.1 Å². The average Bonchev–Trinajstić information content (AvgIpc) is 2.90. The maximum Gasteiger partial charge on any atom is 0.408 e. The standard InChI is InChI=1S/C31H36N2O5/c1-31(2,3)38-30(36)33-27(21-23-16-18-26(19-17-23)25-13-8-5-9-14-25)29(35)32-20-10-15-28(34)37-22-24-11-6-4-7-12-24/h4-9,11-14,16-19,27H,10,15,20-22H2,1-3H3,(H,32,35)(H,33,36)/t27-/m1/s1. The third-order valence-electron chi connectivity index (χ3n) is 5.61. The summed E-state index contributed by atoms with van der Waals surface area (Å²) in [5.41, 5.74) is 3.28. The summed E-state index contributed by atoms with van der Waals surface area (Å²) in [6.45, 7) is 5.79. The van der Waals surface area contributed by atoms with Crippen molar-refractivity contribution < 1.29 is 23.9 Å². The first-order valence-electron chi connectivity index (χ1n) is 12.8. The summed E-state index contributed by atoms with van der Waals surface area (Å²) >= 11 is 0. The van der Waals surface area contributed by atoms with Crippen LogP contribution < -0.4 is 10.6 Å². The van der Waals surface area contributed by atoms with Crippen molar-refractivity contribution in [1.29, 1.82) is 0 Å². The molecule has 0 heterocycles. The summed E-state index contributed by atoms with van der Waals surface area (Å²) in [5.74, 6) is -0.675. The molecule has 3 rings (SSSR count). The van der Waals surface area contributed by atoms with E-state index in [1.54, 1.807) is 20.8 Å². The molecule has 0 saturated heterocycles. The maximum absolute atomic E-state index is 13.0. The van der Waals surface area contributed by atoms with Crippen molar-refractivity contribution in [2.45, 2.75) is 58.3 Å². The van der Waals surface area contributed by atoms with E-state index >= 15 is 0 Å². The van der Waals surface area contributed by atoms with E-state index < -0.39 is 17.7 Å². The number of nitrogens with one attached hydrogen (secondary N) is 2. The zero-order valence-corrected chi connectivity index (χ0v) is 22.2. The molecule has 2 N–H and O–H groups in total. The van der Waals surface area contributed by atoms with Gasteiger partial charge in [-0.2, -0.15) is 0 Å². The minimum Gasteiger partial charge on any atom is -0.461 e. The topological polar surface area (TPSA) is 93.7 Å². The van der Waals surface area contributed by atoms with Crippen LogP contribution in [0.15, 0.2) is 84.9 Å². The molecule has 0 aromatic heterocycles. The highest BCUT2D eigenvalue weighted by molar-refractivity contribution is 5.86. The van der Waals surface area contributed by atoms with E-state index in [0.717, 1.165) is 22.3 Å². The quantitative estimate of drug-likeness (QED) is 0.262. The van der Waals surface area contributed by atoms with Gasteiger partial charge in [-0.3, -0.25) is 9.59 Å². The van der Waals surface area contributed by atoms with Crippen molar-refractivity contribution in [3.05, 3.63) is 96.1 Å². The molecule has 38 heavy (non-hydrogen) atoms. The van der Waals surface area contributed by atoms with Gasteiger partial charge in [-0.25, -0.2) is 4.79 Å². The molecule has 0 aliphatic carbocycles. The van der Waals surface area contributed by atoms with Gasteiger partial charge in [0.15, 0.2) is 0 Å². The number of esters is 1. The first-order valence-corrected chi connectivity index (χ1v) is 12.8. The fourth-order valence-corrected chi connectivity index (χ4v) is 3.74. The van der Waals surface area contributed by atoms with E-state index in [4.69, 9.17) is 9.47 Å². The number of carbonyl (C=O) groups is 3. The van der Waals surface area contributed by atoms with Crippen LogP contribution in [0.1, 0.15) is 44.7 Å². The Bertz CT molecular complexity index is 1170. The van der Waals surface area contributed by atoms with Gasteiger partial charge in [0, 0.05) is 19.4 Å². The van der Waals surface area contributed by atoms with Crippen molar-refractivity contribution in [2.24, 2.45) is 0 Å². The van der Waals surface area contributed by atoms with Crippen molar-refractivity contribution in [3.63, 3.8) is 0 Å². The van der Waals surface area contributed by atoms with Gasteiger partial charge in [0.1, 0.15) is 18.2 Å².